The smallest absolute Gasteiger partial charge is 0.261 e. The Morgan fingerprint density at radius 1 is 1.21 bits per heavy atom. The number of carbonyl (C=O) groups is 2. The lowest BCUT2D eigenvalue weighted by Gasteiger charge is -2.23. The summed E-state index contributed by atoms with van der Waals surface area (Å²) in [5.41, 5.74) is 2.19. The maximum absolute atomic E-state index is 12.5. The number of amides is 2. The number of nitrogens with zero attached hydrogens (tertiary/aromatic N) is 3. The Labute approximate surface area is 145 Å². The molecule has 5 nitrogen and oxygen atoms in total. The third-order valence-corrected chi connectivity index (χ3v) is 4.84. The van der Waals surface area contributed by atoms with Crippen molar-refractivity contribution in [2.24, 2.45) is 0 Å². The van der Waals surface area contributed by atoms with Crippen molar-refractivity contribution in [3.63, 3.8) is 0 Å². The van der Waals surface area contributed by atoms with Gasteiger partial charge in [0.05, 0.1) is 16.1 Å². The van der Waals surface area contributed by atoms with E-state index in [4.69, 9.17) is 11.6 Å². The zero-order chi connectivity index (χ0) is 17.4. The molecule has 0 aliphatic carbocycles. The average Bonchev–Trinajstić information content (AvgIpc) is 3.00. The van der Waals surface area contributed by atoms with Crippen molar-refractivity contribution in [1.29, 1.82) is 5.26 Å². The molecular weight excluding hydrogens is 326 g/mol. The lowest BCUT2D eigenvalue weighted by molar-refractivity contribution is 0.0587. The average molecular weight is 342 g/mol. The first kappa shape index (κ1) is 16.3. The van der Waals surface area contributed by atoms with Crippen LogP contribution in [0.5, 0.6) is 0 Å². The lowest BCUT2D eigenvalue weighted by atomic mass is 10.1. The summed E-state index contributed by atoms with van der Waals surface area (Å²) in [6, 6.07) is 10.3. The van der Waals surface area contributed by atoms with Gasteiger partial charge in [0.2, 0.25) is 0 Å². The lowest BCUT2D eigenvalue weighted by Crippen LogP contribution is -2.38. The molecular formula is C18H16ClN3O2. The molecule has 3 rings (SSSR count). The molecule has 24 heavy (non-hydrogen) atoms. The van der Waals surface area contributed by atoms with Gasteiger partial charge >= 0.3 is 0 Å². The Hall–Kier alpha value is -2.58. The minimum absolute atomic E-state index is 0.258. The molecule has 2 heterocycles. The van der Waals surface area contributed by atoms with Crippen molar-refractivity contribution in [2.75, 3.05) is 0 Å². The van der Waals surface area contributed by atoms with Gasteiger partial charge in [-0.15, -0.1) is 0 Å². The Morgan fingerprint density at radius 3 is 2.33 bits per heavy atom. The van der Waals surface area contributed by atoms with Gasteiger partial charge in [-0.3, -0.25) is 14.5 Å². The van der Waals surface area contributed by atoms with E-state index >= 15 is 0 Å². The van der Waals surface area contributed by atoms with Crippen LogP contribution in [0.25, 0.3) is 0 Å². The predicted molar refractivity (Wildman–Crippen MR) is 89.9 cm³/mol. The molecule has 0 bridgehead atoms. The number of hydrogen-bond donors (Lipinski definition) is 0. The van der Waals surface area contributed by atoms with Gasteiger partial charge in [0.25, 0.3) is 11.8 Å². The first-order chi connectivity index (χ1) is 11.5. The van der Waals surface area contributed by atoms with Gasteiger partial charge in [-0.2, -0.15) is 5.26 Å². The highest BCUT2D eigenvalue weighted by molar-refractivity contribution is 6.31. The second-order valence-electron chi connectivity index (χ2n) is 5.89. The monoisotopic (exact) mass is 341 g/mol. The van der Waals surface area contributed by atoms with Crippen molar-refractivity contribution >= 4 is 23.4 Å². The zero-order valence-electron chi connectivity index (χ0n) is 13.4. The normalized spacial score (nSPS) is 14.7. The minimum atomic E-state index is -0.274. The van der Waals surface area contributed by atoms with Gasteiger partial charge in [0.15, 0.2) is 0 Å². The van der Waals surface area contributed by atoms with Crippen LogP contribution in [-0.2, 0) is 6.54 Å². The fourth-order valence-electron chi connectivity index (χ4n) is 3.05. The highest BCUT2D eigenvalue weighted by Crippen LogP contribution is 2.26. The van der Waals surface area contributed by atoms with Crippen LogP contribution in [0.2, 0.25) is 5.02 Å². The minimum Gasteiger partial charge on any atom is -0.335 e. The van der Waals surface area contributed by atoms with Crippen LogP contribution < -0.4 is 0 Å². The molecule has 122 valence electrons. The first-order valence-corrected chi connectivity index (χ1v) is 8.06. The van der Waals surface area contributed by atoms with E-state index in [-0.39, 0.29) is 17.9 Å². The number of hydrogen-bond acceptors (Lipinski definition) is 3. The summed E-state index contributed by atoms with van der Waals surface area (Å²) in [4.78, 5) is 26.3. The molecule has 1 atom stereocenters. The van der Waals surface area contributed by atoms with E-state index in [1.165, 1.54) is 4.90 Å². The van der Waals surface area contributed by atoms with Crippen molar-refractivity contribution in [3.8, 4) is 6.07 Å². The molecule has 0 radical (unpaired) electrons. The van der Waals surface area contributed by atoms with E-state index in [0.717, 1.165) is 5.69 Å². The topological polar surface area (TPSA) is 66.1 Å². The number of carbonyl (C=O) groups excluding carboxylic acids is 2. The summed E-state index contributed by atoms with van der Waals surface area (Å²) in [7, 11) is 0. The van der Waals surface area contributed by atoms with E-state index < -0.39 is 0 Å². The largest absolute Gasteiger partial charge is 0.335 e. The summed E-state index contributed by atoms with van der Waals surface area (Å²) in [5.74, 6) is -0.517. The van der Waals surface area contributed by atoms with E-state index in [1.54, 1.807) is 30.3 Å². The second kappa shape index (κ2) is 6.14. The van der Waals surface area contributed by atoms with Gasteiger partial charge in [0, 0.05) is 18.3 Å². The van der Waals surface area contributed by atoms with Gasteiger partial charge in [-0.25, -0.2) is 0 Å². The molecule has 0 fully saturated rings. The summed E-state index contributed by atoms with van der Waals surface area (Å²) in [6.07, 6.45) is 0.548. The molecule has 1 aromatic heterocycles. The fraction of sp³-hybridized carbons (Fsp3) is 0.278. The van der Waals surface area contributed by atoms with Crippen LogP contribution >= 0.6 is 11.6 Å². The Balaban J connectivity index is 1.78. The van der Waals surface area contributed by atoms with E-state index in [9.17, 15) is 14.9 Å². The summed E-state index contributed by atoms with van der Waals surface area (Å²) >= 11 is 6.07. The molecule has 2 amide bonds. The third-order valence-electron chi connectivity index (χ3n) is 4.46. The van der Waals surface area contributed by atoms with Crippen molar-refractivity contribution in [2.45, 2.75) is 32.9 Å². The number of fused-ring (bicyclic) bond motifs is 1. The van der Waals surface area contributed by atoms with Crippen LogP contribution in [0.3, 0.4) is 0 Å². The van der Waals surface area contributed by atoms with Crippen molar-refractivity contribution in [3.05, 3.63) is 57.9 Å². The molecule has 6 heteroatoms. The maximum atomic E-state index is 12.5. The number of imide groups is 1. The molecule has 2 aromatic rings. The summed E-state index contributed by atoms with van der Waals surface area (Å²) in [5, 5.41) is 9.73. The highest BCUT2D eigenvalue weighted by atomic mass is 35.5. The van der Waals surface area contributed by atoms with Crippen LogP contribution in [0.15, 0.2) is 30.3 Å². The van der Waals surface area contributed by atoms with Crippen LogP contribution in [0.1, 0.15) is 45.4 Å². The number of halogens is 1. The van der Waals surface area contributed by atoms with Crippen molar-refractivity contribution in [1.82, 2.24) is 9.47 Å². The number of aromatic nitrogens is 1. The second-order valence-corrected chi connectivity index (χ2v) is 6.30. The SMILES string of the molecule is Cc1c(Cl)cc(C#N)n1CCC(C)N1C(=O)c2ccccc2C1=O. The van der Waals surface area contributed by atoms with Gasteiger partial charge in [0.1, 0.15) is 11.8 Å². The molecule has 1 aromatic carbocycles. The van der Waals surface area contributed by atoms with E-state index in [0.29, 0.717) is 34.8 Å². The Bertz CT molecular complexity index is 844. The highest BCUT2D eigenvalue weighted by Gasteiger charge is 2.37. The number of nitriles is 1. The predicted octanol–water partition coefficient (Wildman–Crippen LogP) is 3.40. The maximum Gasteiger partial charge on any atom is 0.261 e. The third kappa shape index (κ3) is 2.49. The first-order valence-electron chi connectivity index (χ1n) is 7.68. The standard InChI is InChI=1S/C18H16ClN3O2/c1-11(7-8-21-12(2)16(19)9-13(21)10-20)22-17(23)14-5-3-4-6-15(14)18(22)24/h3-6,9,11H,7-8H2,1-2H3. The van der Waals surface area contributed by atoms with Gasteiger partial charge in [-0.05, 0) is 38.5 Å². The number of rotatable bonds is 4. The van der Waals surface area contributed by atoms with E-state index in [2.05, 4.69) is 6.07 Å². The fourth-order valence-corrected chi connectivity index (χ4v) is 3.25. The molecule has 0 spiro atoms. The van der Waals surface area contributed by atoms with Crippen molar-refractivity contribution < 1.29 is 9.59 Å². The molecule has 0 N–H and O–H groups in total. The van der Waals surface area contributed by atoms with Gasteiger partial charge < -0.3 is 4.57 Å². The van der Waals surface area contributed by atoms with Crippen LogP contribution in [-0.4, -0.2) is 27.3 Å². The Morgan fingerprint density at radius 2 is 1.79 bits per heavy atom. The Kier molecular flexibility index (Phi) is 4.16. The van der Waals surface area contributed by atoms with E-state index in [1.807, 2.05) is 18.4 Å². The molecule has 1 aliphatic heterocycles. The summed E-state index contributed by atoms with van der Waals surface area (Å²) < 4.78 is 1.82. The van der Waals surface area contributed by atoms with Gasteiger partial charge in [-0.1, -0.05) is 23.7 Å². The molecule has 0 saturated heterocycles. The molecule has 1 unspecified atom stereocenters. The molecule has 0 saturated carbocycles. The van der Waals surface area contributed by atoms with Crippen LogP contribution in [0.4, 0.5) is 0 Å². The van der Waals surface area contributed by atoms with Crippen LogP contribution in [0, 0.1) is 18.3 Å². The quantitative estimate of drug-likeness (QED) is 0.800. The number of benzene rings is 1. The molecule has 1 aliphatic rings. The zero-order valence-corrected chi connectivity index (χ0v) is 14.2. The summed E-state index contributed by atoms with van der Waals surface area (Å²) in [6.45, 7) is 4.19.